The van der Waals surface area contributed by atoms with Gasteiger partial charge in [-0.25, -0.2) is 0 Å². The third-order valence-electron chi connectivity index (χ3n) is 5.01. The van der Waals surface area contributed by atoms with Gasteiger partial charge >= 0.3 is 0 Å². The topological polar surface area (TPSA) is 34.1 Å². The predicted molar refractivity (Wildman–Crippen MR) is 103 cm³/mol. The molecule has 0 saturated heterocycles. The first-order valence-electron chi connectivity index (χ1n) is 8.54. The van der Waals surface area contributed by atoms with Gasteiger partial charge in [0.2, 0.25) is 0 Å². The Bertz CT molecular complexity index is 1220. The summed E-state index contributed by atoms with van der Waals surface area (Å²) >= 11 is 0. The van der Waals surface area contributed by atoms with Gasteiger partial charge in [-0.05, 0) is 28.0 Å². The van der Waals surface area contributed by atoms with E-state index in [-0.39, 0.29) is 11.6 Å². The van der Waals surface area contributed by atoms with Gasteiger partial charge in [0.15, 0.2) is 11.6 Å². The fourth-order valence-electron chi connectivity index (χ4n) is 3.74. The zero-order valence-corrected chi connectivity index (χ0v) is 13.9. The summed E-state index contributed by atoms with van der Waals surface area (Å²) in [5, 5.41) is 2.26. The first kappa shape index (κ1) is 14.8. The van der Waals surface area contributed by atoms with E-state index in [0.29, 0.717) is 22.3 Å². The molecule has 0 aliphatic heterocycles. The van der Waals surface area contributed by atoms with E-state index in [2.05, 4.69) is 18.2 Å². The molecule has 0 fully saturated rings. The highest BCUT2D eigenvalue weighted by molar-refractivity contribution is 6.30. The van der Waals surface area contributed by atoms with E-state index in [1.807, 2.05) is 36.4 Å². The first-order chi connectivity index (χ1) is 12.7. The van der Waals surface area contributed by atoms with Crippen LogP contribution in [-0.4, -0.2) is 11.6 Å². The van der Waals surface area contributed by atoms with Gasteiger partial charge in [-0.2, -0.15) is 0 Å². The highest BCUT2D eigenvalue weighted by Crippen LogP contribution is 2.35. The fraction of sp³-hybridized carbons (Fsp3) is 0. The lowest BCUT2D eigenvalue weighted by Gasteiger charge is -2.20. The van der Waals surface area contributed by atoms with Crippen molar-refractivity contribution in [2.24, 2.45) is 0 Å². The number of hydrogen-bond donors (Lipinski definition) is 0. The molecule has 26 heavy (non-hydrogen) atoms. The molecule has 4 aromatic carbocycles. The molecule has 0 radical (unpaired) electrons. The highest BCUT2D eigenvalue weighted by Gasteiger charge is 2.31. The van der Waals surface area contributed by atoms with E-state index in [1.54, 1.807) is 30.3 Å². The molecule has 2 nitrogen and oxygen atoms in total. The number of benzene rings is 4. The van der Waals surface area contributed by atoms with Crippen LogP contribution in [0.25, 0.3) is 21.9 Å². The van der Waals surface area contributed by atoms with Crippen molar-refractivity contribution in [1.82, 2.24) is 0 Å². The van der Waals surface area contributed by atoms with Gasteiger partial charge in [0.1, 0.15) is 0 Å². The number of hydrogen-bond acceptors (Lipinski definition) is 2. The van der Waals surface area contributed by atoms with Gasteiger partial charge in [-0.3, -0.25) is 9.59 Å². The lowest BCUT2D eigenvalue weighted by molar-refractivity contribution is 0.0979. The summed E-state index contributed by atoms with van der Waals surface area (Å²) < 4.78 is 0. The molecule has 2 heteroatoms. The molecular formula is C24H14O2. The number of carbonyl (C=O) groups excluding carboxylic acids is 2. The molecule has 0 spiro atoms. The lowest BCUT2D eigenvalue weighted by Crippen LogP contribution is -2.21. The Morgan fingerprint density at radius 3 is 1.88 bits per heavy atom. The maximum Gasteiger partial charge on any atom is 0.195 e. The Morgan fingerprint density at radius 1 is 0.462 bits per heavy atom. The van der Waals surface area contributed by atoms with Crippen molar-refractivity contribution in [3.63, 3.8) is 0 Å². The average molecular weight is 334 g/mol. The second kappa shape index (κ2) is 5.50. The average Bonchev–Trinajstić information content (AvgIpc) is 2.71. The summed E-state index contributed by atoms with van der Waals surface area (Å²) in [5.74, 6) is -0.170. The summed E-state index contributed by atoms with van der Waals surface area (Å²) in [5.41, 5.74) is 3.71. The van der Waals surface area contributed by atoms with Crippen molar-refractivity contribution >= 4 is 22.3 Å². The normalized spacial score (nSPS) is 12.8. The highest BCUT2D eigenvalue weighted by atomic mass is 16.1. The number of rotatable bonds is 1. The van der Waals surface area contributed by atoms with Crippen molar-refractivity contribution in [2.45, 2.75) is 0 Å². The number of carbonyl (C=O) groups is 2. The zero-order chi connectivity index (χ0) is 17.7. The van der Waals surface area contributed by atoms with Crippen LogP contribution in [0.5, 0.6) is 0 Å². The fourth-order valence-corrected chi connectivity index (χ4v) is 3.74. The summed E-state index contributed by atoms with van der Waals surface area (Å²) in [7, 11) is 0. The smallest absolute Gasteiger partial charge is 0.195 e. The van der Waals surface area contributed by atoms with E-state index >= 15 is 0 Å². The summed E-state index contributed by atoms with van der Waals surface area (Å²) in [4.78, 5) is 26.1. The van der Waals surface area contributed by atoms with Crippen molar-refractivity contribution in [3.8, 4) is 11.1 Å². The Hall–Kier alpha value is -3.52. The van der Waals surface area contributed by atoms with Crippen molar-refractivity contribution in [3.05, 3.63) is 107 Å². The molecule has 0 saturated carbocycles. The largest absolute Gasteiger partial charge is 0.289 e. The van der Waals surface area contributed by atoms with Gasteiger partial charge in [0.05, 0.1) is 0 Å². The molecule has 0 unspecified atom stereocenters. The van der Waals surface area contributed by atoms with Crippen LogP contribution in [0.2, 0.25) is 0 Å². The van der Waals surface area contributed by atoms with Gasteiger partial charge in [0.25, 0.3) is 0 Å². The monoisotopic (exact) mass is 334 g/mol. The third-order valence-corrected chi connectivity index (χ3v) is 5.01. The van der Waals surface area contributed by atoms with Gasteiger partial charge in [-0.1, -0.05) is 78.9 Å². The van der Waals surface area contributed by atoms with Crippen LogP contribution in [0.1, 0.15) is 31.8 Å². The van der Waals surface area contributed by atoms with Crippen LogP contribution in [-0.2, 0) is 0 Å². The molecule has 1 aliphatic carbocycles. The molecule has 0 amide bonds. The van der Waals surface area contributed by atoms with Crippen molar-refractivity contribution in [1.29, 1.82) is 0 Å². The quantitative estimate of drug-likeness (QED) is 0.418. The van der Waals surface area contributed by atoms with Crippen LogP contribution >= 0.6 is 0 Å². The number of ketones is 2. The summed E-state index contributed by atoms with van der Waals surface area (Å²) in [6, 6.07) is 26.8. The van der Waals surface area contributed by atoms with Crippen LogP contribution in [0, 0.1) is 0 Å². The Morgan fingerprint density at radius 2 is 1.08 bits per heavy atom. The minimum absolute atomic E-state index is 0.0843. The van der Waals surface area contributed by atoms with Gasteiger partial charge < -0.3 is 0 Å². The zero-order valence-electron chi connectivity index (χ0n) is 13.9. The van der Waals surface area contributed by atoms with E-state index in [4.69, 9.17) is 0 Å². The molecule has 122 valence electrons. The molecule has 0 heterocycles. The van der Waals surface area contributed by atoms with Crippen LogP contribution in [0.4, 0.5) is 0 Å². The maximum atomic E-state index is 13.2. The molecule has 1 aliphatic rings. The van der Waals surface area contributed by atoms with Crippen molar-refractivity contribution in [2.75, 3.05) is 0 Å². The van der Waals surface area contributed by atoms with Crippen LogP contribution < -0.4 is 0 Å². The standard InChI is InChI=1S/C24H14O2/c25-23-19-8-3-4-9-20(19)24(26)22-18(10-5-11-21(22)23)17-13-12-15-6-1-2-7-16(15)14-17/h1-14H. The Labute approximate surface area is 150 Å². The van der Waals surface area contributed by atoms with E-state index in [9.17, 15) is 9.59 Å². The summed E-state index contributed by atoms with van der Waals surface area (Å²) in [6.45, 7) is 0. The molecule has 5 rings (SSSR count). The molecule has 0 N–H and O–H groups in total. The van der Waals surface area contributed by atoms with Gasteiger partial charge in [-0.15, -0.1) is 0 Å². The van der Waals surface area contributed by atoms with Crippen LogP contribution in [0.15, 0.2) is 84.9 Å². The molecule has 0 aromatic heterocycles. The van der Waals surface area contributed by atoms with E-state index in [0.717, 1.165) is 21.9 Å². The molecule has 4 aromatic rings. The maximum absolute atomic E-state index is 13.2. The SMILES string of the molecule is O=C1c2ccccc2C(=O)c2c1cccc2-c1ccc2ccccc2c1. The Kier molecular flexibility index (Phi) is 3.13. The summed E-state index contributed by atoms with van der Waals surface area (Å²) in [6.07, 6.45) is 0. The Balaban J connectivity index is 1.77. The molecular weight excluding hydrogens is 320 g/mol. The van der Waals surface area contributed by atoms with E-state index < -0.39 is 0 Å². The third kappa shape index (κ3) is 2.06. The number of fused-ring (bicyclic) bond motifs is 3. The lowest BCUT2D eigenvalue weighted by atomic mass is 9.80. The van der Waals surface area contributed by atoms with Gasteiger partial charge in [0, 0.05) is 22.3 Å². The first-order valence-corrected chi connectivity index (χ1v) is 8.54. The van der Waals surface area contributed by atoms with Crippen molar-refractivity contribution < 1.29 is 9.59 Å². The second-order valence-corrected chi connectivity index (χ2v) is 6.49. The minimum Gasteiger partial charge on any atom is -0.289 e. The predicted octanol–water partition coefficient (Wildman–Crippen LogP) is 5.28. The molecule has 0 atom stereocenters. The minimum atomic E-state index is -0.0853. The second-order valence-electron chi connectivity index (χ2n) is 6.49. The van der Waals surface area contributed by atoms with E-state index in [1.165, 1.54) is 0 Å². The van der Waals surface area contributed by atoms with Crippen LogP contribution in [0.3, 0.4) is 0 Å². The molecule has 0 bridgehead atoms.